The molecule has 1 atom stereocenters. The minimum Gasteiger partial charge on any atom is -0.494 e. The molecular weight excluding hydrogens is 332 g/mol. The molecule has 3 aromatic rings. The van der Waals surface area contributed by atoms with Gasteiger partial charge >= 0.3 is 6.03 Å². The molecule has 26 heavy (non-hydrogen) atoms. The van der Waals surface area contributed by atoms with E-state index in [4.69, 9.17) is 13.9 Å². The summed E-state index contributed by atoms with van der Waals surface area (Å²) in [5.41, 5.74) is 1.48. The molecule has 0 aliphatic heterocycles. The molecule has 2 amide bonds. The van der Waals surface area contributed by atoms with Crippen LogP contribution in [0.25, 0.3) is 11.0 Å². The molecule has 3 rings (SSSR count). The van der Waals surface area contributed by atoms with E-state index in [1.807, 2.05) is 49.4 Å². The number of anilines is 1. The Bertz CT molecular complexity index is 825. The minimum atomic E-state index is -0.367. The first-order valence-electron chi connectivity index (χ1n) is 8.48. The third kappa shape index (κ3) is 4.34. The van der Waals surface area contributed by atoms with Crippen LogP contribution in [0.5, 0.6) is 5.75 Å². The lowest BCUT2D eigenvalue weighted by atomic mass is 10.2. The topological polar surface area (TPSA) is 72.7 Å². The number of fused-ring (bicyclic) bond motifs is 1. The van der Waals surface area contributed by atoms with E-state index in [1.54, 1.807) is 19.2 Å². The fraction of sp³-hybridized carbons (Fsp3) is 0.250. The lowest BCUT2D eigenvalue weighted by Gasteiger charge is -2.14. The molecule has 6 nitrogen and oxygen atoms in total. The number of rotatable bonds is 7. The first kappa shape index (κ1) is 17.8. The maximum Gasteiger partial charge on any atom is 0.319 e. The van der Waals surface area contributed by atoms with E-state index in [1.165, 1.54) is 0 Å². The van der Waals surface area contributed by atoms with Crippen molar-refractivity contribution in [3.8, 4) is 5.75 Å². The second-order valence-electron chi connectivity index (χ2n) is 5.70. The Morgan fingerprint density at radius 3 is 2.62 bits per heavy atom. The molecule has 0 radical (unpaired) electrons. The molecule has 0 bridgehead atoms. The largest absolute Gasteiger partial charge is 0.494 e. The molecule has 136 valence electrons. The summed E-state index contributed by atoms with van der Waals surface area (Å²) in [6, 6.07) is 16.6. The number of hydrogen-bond donors (Lipinski definition) is 2. The van der Waals surface area contributed by atoms with E-state index in [9.17, 15) is 4.79 Å². The highest BCUT2D eigenvalue weighted by Crippen LogP contribution is 2.25. The standard InChI is InChI=1S/C20H22N2O4/c1-3-25-16-10-8-15(9-11-16)22-20(23)21-13-19(24-2)18-12-14-6-4-5-7-17(14)26-18/h4-12,19H,3,13H2,1-2H3,(H2,21,22,23)/t19-/m1/s1. The Hall–Kier alpha value is -2.99. The molecular formula is C20H22N2O4. The summed E-state index contributed by atoms with van der Waals surface area (Å²) in [6.45, 7) is 2.82. The minimum absolute atomic E-state index is 0.291. The average molecular weight is 354 g/mol. The average Bonchev–Trinajstić information content (AvgIpc) is 3.08. The van der Waals surface area contributed by atoms with Crippen LogP contribution in [-0.2, 0) is 4.74 Å². The van der Waals surface area contributed by atoms with E-state index >= 15 is 0 Å². The SMILES string of the molecule is CCOc1ccc(NC(=O)NC[C@@H](OC)c2cc3ccccc3o2)cc1. The smallest absolute Gasteiger partial charge is 0.319 e. The second-order valence-corrected chi connectivity index (χ2v) is 5.70. The van der Waals surface area contributed by atoms with E-state index in [0.717, 1.165) is 16.7 Å². The van der Waals surface area contributed by atoms with Gasteiger partial charge in [-0.25, -0.2) is 4.79 Å². The Morgan fingerprint density at radius 1 is 1.15 bits per heavy atom. The van der Waals surface area contributed by atoms with Crippen LogP contribution in [0.3, 0.4) is 0 Å². The number of amides is 2. The summed E-state index contributed by atoms with van der Waals surface area (Å²) in [5.74, 6) is 1.44. The molecule has 6 heteroatoms. The molecule has 0 fully saturated rings. The maximum atomic E-state index is 12.1. The van der Waals surface area contributed by atoms with Crippen molar-refractivity contribution in [2.75, 3.05) is 25.6 Å². The van der Waals surface area contributed by atoms with Gasteiger partial charge in [-0.15, -0.1) is 0 Å². The lowest BCUT2D eigenvalue weighted by Crippen LogP contribution is -2.32. The van der Waals surface area contributed by atoms with Crippen molar-refractivity contribution in [3.63, 3.8) is 0 Å². The summed E-state index contributed by atoms with van der Waals surface area (Å²) in [7, 11) is 1.59. The Balaban J connectivity index is 1.56. The van der Waals surface area contributed by atoms with Crippen molar-refractivity contribution in [1.82, 2.24) is 5.32 Å². The monoisotopic (exact) mass is 354 g/mol. The first-order valence-corrected chi connectivity index (χ1v) is 8.48. The van der Waals surface area contributed by atoms with Gasteiger partial charge in [-0.05, 0) is 43.3 Å². The van der Waals surface area contributed by atoms with Gasteiger partial charge in [-0.1, -0.05) is 18.2 Å². The first-order chi connectivity index (χ1) is 12.7. The van der Waals surface area contributed by atoms with Crippen molar-refractivity contribution < 1.29 is 18.7 Å². The van der Waals surface area contributed by atoms with E-state index in [2.05, 4.69) is 10.6 Å². The highest BCUT2D eigenvalue weighted by atomic mass is 16.5. The van der Waals surface area contributed by atoms with Crippen LogP contribution in [-0.4, -0.2) is 26.3 Å². The van der Waals surface area contributed by atoms with Crippen molar-refractivity contribution in [2.45, 2.75) is 13.0 Å². The van der Waals surface area contributed by atoms with Gasteiger partial charge in [0.05, 0.1) is 13.2 Å². The Morgan fingerprint density at radius 2 is 1.92 bits per heavy atom. The van der Waals surface area contributed by atoms with E-state index in [-0.39, 0.29) is 12.1 Å². The Kier molecular flexibility index (Phi) is 5.76. The zero-order valence-electron chi connectivity index (χ0n) is 14.8. The molecule has 0 saturated carbocycles. The number of benzene rings is 2. The van der Waals surface area contributed by atoms with Crippen LogP contribution in [0.2, 0.25) is 0 Å². The molecule has 0 aliphatic carbocycles. The van der Waals surface area contributed by atoms with Crippen LogP contribution in [0, 0.1) is 0 Å². The van der Waals surface area contributed by atoms with Gasteiger partial charge in [0.15, 0.2) is 0 Å². The van der Waals surface area contributed by atoms with Gasteiger partial charge in [0.25, 0.3) is 0 Å². The lowest BCUT2D eigenvalue weighted by molar-refractivity contribution is 0.0870. The van der Waals surface area contributed by atoms with Crippen LogP contribution in [0.15, 0.2) is 59.0 Å². The van der Waals surface area contributed by atoms with Crippen LogP contribution in [0.4, 0.5) is 10.5 Å². The number of ether oxygens (including phenoxy) is 2. The molecule has 0 aliphatic rings. The van der Waals surface area contributed by atoms with Crippen molar-refractivity contribution in [2.24, 2.45) is 0 Å². The molecule has 2 N–H and O–H groups in total. The highest BCUT2D eigenvalue weighted by Gasteiger charge is 2.17. The van der Waals surface area contributed by atoms with Crippen molar-refractivity contribution in [1.29, 1.82) is 0 Å². The number of carbonyl (C=O) groups is 1. The van der Waals surface area contributed by atoms with E-state index < -0.39 is 0 Å². The van der Waals surface area contributed by atoms with Gasteiger partial charge in [-0.2, -0.15) is 0 Å². The summed E-state index contributed by atoms with van der Waals surface area (Å²) in [5, 5.41) is 6.58. The molecule has 1 heterocycles. The highest BCUT2D eigenvalue weighted by molar-refractivity contribution is 5.89. The number of methoxy groups -OCH3 is 1. The summed E-state index contributed by atoms with van der Waals surface area (Å²) >= 11 is 0. The second kappa shape index (κ2) is 8.40. The normalized spacial score (nSPS) is 11.9. The number of para-hydroxylation sites is 1. The van der Waals surface area contributed by atoms with E-state index in [0.29, 0.717) is 24.6 Å². The van der Waals surface area contributed by atoms with Crippen LogP contribution in [0.1, 0.15) is 18.8 Å². The molecule has 2 aromatic carbocycles. The number of urea groups is 1. The quantitative estimate of drug-likeness (QED) is 0.662. The fourth-order valence-electron chi connectivity index (χ4n) is 2.62. The molecule has 0 unspecified atom stereocenters. The van der Waals surface area contributed by atoms with Crippen LogP contribution >= 0.6 is 0 Å². The summed E-state index contributed by atoms with van der Waals surface area (Å²) in [6.07, 6.45) is -0.367. The predicted octanol–water partition coefficient (Wildman–Crippen LogP) is 4.34. The van der Waals surface area contributed by atoms with Gasteiger partial charge in [-0.3, -0.25) is 0 Å². The van der Waals surface area contributed by atoms with Crippen molar-refractivity contribution in [3.05, 3.63) is 60.4 Å². The number of nitrogens with one attached hydrogen (secondary N) is 2. The molecule has 1 aromatic heterocycles. The summed E-state index contributed by atoms with van der Waals surface area (Å²) < 4.78 is 16.6. The van der Waals surface area contributed by atoms with Crippen LogP contribution < -0.4 is 15.4 Å². The zero-order chi connectivity index (χ0) is 18.4. The fourth-order valence-corrected chi connectivity index (χ4v) is 2.62. The summed E-state index contributed by atoms with van der Waals surface area (Å²) in [4.78, 5) is 12.1. The van der Waals surface area contributed by atoms with Gasteiger partial charge in [0.2, 0.25) is 0 Å². The third-order valence-electron chi connectivity index (χ3n) is 3.92. The van der Waals surface area contributed by atoms with Gasteiger partial charge < -0.3 is 24.5 Å². The van der Waals surface area contributed by atoms with Crippen molar-refractivity contribution >= 4 is 22.7 Å². The van der Waals surface area contributed by atoms with Gasteiger partial charge in [0.1, 0.15) is 23.2 Å². The maximum absolute atomic E-state index is 12.1. The molecule has 0 saturated heterocycles. The number of carbonyl (C=O) groups excluding carboxylic acids is 1. The number of hydrogen-bond acceptors (Lipinski definition) is 4. The predicted molar refractivity (Wildman–Crippen MR) is 101 cm³/mol. The number of furan rings is 1. The zero-order valence-corrected chi connectivity index (χ0v) is 14.8. The Labute approximate surface area is 152 Å². The third-order valence-corrected chi connectivity index (χ3v) is 3.92. The van der Waals surface area contributed by atoms with Gasteiger partial charge in [0, 0.05) is 18.2 Å². The molecule has 0 spiro atoms.